The van der Waals surface area contributed by atoms with E-state index >= 15 is 0 Å². The first-order valence-corrected chi connectivity index (χ1v) is 17.6. The second-order valence-corrected chi connectivity index (χ2v) is 16.4. The molecule has 3 saturated carbocycles. The van der Waals surface area contributed by atoms with Crippen molar-refractivity contribution in [2.45, 2.75) is 134 Å². The van der Waals surface area contributed by atoms with Gasteiger partial charge in [-0.3, -0.25) is 4.72 Å². The van der Waals surface area contributed by atoms with E-state index in [0.29, 0.717) is 28.0 Å². The number of rotatable bonds is 11. The Morgan fingerprint density at radius 3 is 2.32 bits per heavy atom. The third-order valence-corrected chi connectivity index (χ3v) is 12.2. The molecule has 0 aromatic carbocycles. The van der Waals surface area contributed by atoms with Crippen molar-refractivity contribution in [1.82, 2.24) is 14.9 Å². The van der Waals surface area contributed by atoms with Gasteiger partial charge in [0.25, 0.3) is 0 Å². The Kier molecular flexibility index (Phi) is 12.5. The number of piperidine rings is 1. The fourth-order valence-electron chi connectivity index (χ4n) is 8.35. The predicted molar refractivity (Wildman–Crippen MR) is 165 cm³/mol. The normalized spacial score (nSPS) is 37.8. The molecule has 4 fully saturated rings. The van der Waals surface area contributed by atoms with E-state index in [0.717, 1.165) is 49.5 Å². The van der Waals surface area contributed by atoms with Crippen LogP contribution in [-0.4, -0.2) is 60.5 Å². The van der Waals surface area contributed by atoms with Crippen LogP contribution in [0, 0.1) is 35.0 Å². The van der Waals surface area contributed by atoms with Gasteiger partial charge in [-0.15, -0.1) is 11.6 Å². The van der Waals surface area contributed by atoms with Crippen LogP contribution in [0.2, 0.25) is 0 Å². The highest BCUT2D eigenvalue weighted by Crippen LogP contribution is 2.45. The van der Waals surface area contributed by atoms with Crippen LogP contribution < -0.4 is 10.0 Å². The molecule has 1 heterocycles. The SMILES string of the molecule is CC(C)[C@H](CN1CC[C@H](C2CCC(Cl)CC2)C(C)(C)C1)NCC1CCCC(CNSC2CCCC(F)C2)C1. The Balaban J connectivity index is 1.18. The van der Waals surface area contributed by atoms with Crippen molar-refractivity contribution >= 4 is 23.5 Å². The zero-order valence-corrected chi connectivity index (χ0v) is 26.6. The number of hydrogen-bond acceptors (Lipinski definition) is 4. The number of halogens is 2. The molecular weight excluding hydrogens is 513 g/mol. The highest BCUT2D eigenvalue weighted by Gasteiger charge is 2.41. The molecule has 6 atom stereocenters. The lowest BCUT2D eigenvalue weighted by Crippen LogP contribution is -2.53. The van der Waals surface area contributed by atoms with E-state index < -0.39 is 6.17 Å². The minimum atomic E-state index is -0.573. The number of alkyl halides is 2. The minimum Gasteiger partial charge on any atom is -0.312 e. The fourth-order valence-corrected chi connectivity index (χ4v) is 9.76. The second-order valence-electron chi connectivity index (χ2n) is 14.6. The van der Waals surface area contributed by atoms with Crippen LogP contribution in [0.3, 0.4) is 0 Å². The van der Waals surface area contributed by atoms with Crippen molar-refractivity contribution in [2.75, 3.05) is 32.7 Å². The monoisotopic (exact) mass is 571 g/mol. The quantitative estimate of drug-likeness (QED) is 0.194. The van der Waals surface area contributed by atoms with Gasteiger partial charge in [0.2, 0.25) is 0 Å². The van der Waals surface area contributed by atoms with Crippen LogP contribution in [-0.2, 0) is 0 Å². The summed E-state index contributed by atoms with van der Waals surface area (Å²) in [5, 5.41) is 4.95. The molecular formula is C32H59ClFN3S. The molecule has 3 nitrogen and oxygen atoms in total. The molecule has 1 aliphatic heterocycles. The summed E-state index contributed by atoms with van der Waals surface area (Å²) in [5.74, 6) is 3.97. The van der Waals surface area contributed by atoms with Gasteiger partial charge < -0.3 is 10.2 Å². The molecule has 0 bridgehead atoms. The molecule has 4 aliphatic rings. The molecule has 0 amide bonds. The van der Waals surface area contributed by atoms with Crippen LogP contribution in [0.1, 0.15) is 111 Å². The van der Waals surface area contributed by atoms with E-state index in [9.17, 15) is 4.39 Å². The highest BCUT2D eigenvalue weighted by atomic mass is 35.5. The van der Waals surface area contributed by atoms with Crippen molar-refractivity contribution in [3.63, 3.8) is 0 Å². The molecule has 2 N–H and O–H groups in total. The standard InChI is InChI=1S/C32H59ClFN3S/c1-23(2)31(21-37-16-15-30(32(3,4)22-37)26-11-13-27(33)14-12-26)35-19-24-7-5-8-25(17-24)20-36-38-29-10-6-9-28(34)18-29/h23-31,35-36H,5-22H2,1-4H3/t24?,25?,26?,27?,28?,29?,30-,31+/m1/s1. The molecule has 6 heteroatoms. The van der Waals surface area contributed by atoms with Crippen LogP contribution in [0.25, 0.3) is 0 Å². The lowest BCUT2D eigenvalue weighted by molar-refractivity contribution is 0.00453. The lowest BCUT2D eigenvalue weighted by Gasteiger charge is -2.49. The molecule has 1 saturated heterocycles. The van der Waals surface area contributed by atoms with Gasteiger partial charge >= 0.3 is 0 Å². The average molecular weight is 572 g/mol. The van der Waals surface area contributed by atoms with Gasteiger partial charge in [-0.05, 0) is 125 Å². The maximum absolute atomic E-state index is 13.7. The van der Waals surface area contributed by atoms with Gasteiger partial charge in [-0.25, -0.2) is 4.39 Å². The van der Waals surface area contributed by atoms with Crippen molar-refractivity contribution in [3.8, 4) is 0 Å². The number of nitrogens with zero attached hydrogens (tertiary/aromatic N) is 1. The van der Waals surface area contributed by atoms with Crippen LogP contribution in [0.15, 0.2) is 0 Å². The number of nitrogens with one attached hydrogen (secondary N) is 2. The maximum Gasteiger partial charge on any atom is 0.101 e. The van der Waals surface area contributed by atoms with Gasteiger partial charge in [-0.1, -0.05) is 46.1 Å². The first kappa shape index (κ1) is 31.4. The summed E-state index contributed by atoms with van der Waals surface area (Å²) in [6.45, 7) is 15.8. The van der Waals surface area contributed by atoms with E-state index in [2.05, 4.69) is 42.6 Å². The molecule has 0 aromatic heterocycles. The Hall–Kier alpha value is 0.450. The zero-order valence-electron chi connectivity index (χ0n) is 25.0. The summed E-state index contributed by atoms with van der Waals surface area (Å²) in [6.07, 6.45) is 15.1. The van der Waals surface area contributed by atoms with E-state index in [4.69, 9.17) is 11.6 Å². The van der Waals surface area contributed by atoms with Crippen molar-refractivity contribution in [3.05, 3.63) is 0 Å². The molecule has 4 unspecified atom stereocenters. The summed E-state index contributed by atoms with van der Waals surface area (Å²) in [4.78, 5) is 2.78. The molecule has 0 radical (unpaired) electrons. The highest BCUT2D eigenvalue weighted by molar-refractivity contribution is 7.98. The molecule has 0 spiro atoms. The largest absolute Gasteiger partial charge is 0.312 e. The summed E-state index contributed by atoms with van der Waals surface area (Å²) < 4.78 is 17.4. The third-order valence-electron chi connectivity index (χ3n) is 10.7. The Labute approximate surface area is 244 Å². The summed E-state index contributed by atoms with van der Waals surface area (Å²) in [7, 11) is 0. The molecule has 222 valence electrons. The Morgan fingerprint density at radius 1 is 0.921 bits per heavy atom. The first-order valence-electron chi connectivity index (χ1n) is 16.3. The van der Waals surface area contributed by atoms with E-state index in [1.165, 1.54) is 90.4 Å². The van der Waals surface area contributed by atoms with Gasteiger partial charge in [0.05, 0.1) is 0 Å². The predicted octanol–water partition coefficient (Wildman–Crippen LogP) is 8.07. The fraction of sp³-hybridized carbons (Fsp3) is 1.00. The van der Waals surface area contributed by atoms with Gasteiger partial charge in [0, 0.05) is 36.3 Å². The lowest BCUT2D eigenvalue weighted by atomic mass is 9.64. The van der Waals surface area contributed by atoms with Crippen LogP contribution in [0.4, 0.5) is 4.39 Å². The van der Waals surface area contributed by atoms with Crippen molar-refractivity contribution < 1.29 is 4.39 Å². The van der Waals surface area contributed by atoms with E-state index in [-0.39, 0.29) is 0 Å². The summed E-state index contributed by atoms with van der Waals surface area (Å²) in [6, 6.07) is 0.572. The Morgan fingerprint density at radius 2 is 1.63 bits per heavy atom. The van der Waals surface area contributed by atoms with E-state index in [1.54, 1.807) is 0 Å². The van der Waals surface area contributed by atoms with Gasteiger partial charge in [0.1, 0.15) is 6.17 Å². The van der Waals surface area contributed by atoms with Gasteiger partial charge in [0.15, 0.2) is 0 Å². The average Bonchev–Trinajstić information content (AvgIpc) is 2.87. The maximum atomic E-state index is 13.7. The molecule has 4 rings (SSSR count). The van der Waals surface area contributed by atoms with Gasteiger partial charge in [-0.2, -0.15) is 0 Å². The topological polar surface area (TPSA) is 27.3 Å². The molecule has 3 aliphatic carbocycles. The smallest absolute Gasteiger partial charge is 0.101 e. The van der Waals surface area contributed by atoms with Crippen molar-refractivity contribution in [1.29, 1.82) is 0 Å². The van der Waals surface area contributed by atoms with Crippen molar-refractivity contribution in [2.24, 2.45) is 35.0 Å². The second kappa shape index (κ2) is 15.1. The summed E-state index contributed by atoms with van der Waals surface area (Å²) >= 11 is 8.25. The minimum absolute atomic E-state index is 0.397. The molecule has 38 heavy (non-hydrogen) atoms. The van der Waals surface area contributed by atoms with Crippen LogP contribution in [0.5, 0.6) is 0 Å². The zero-order chi connectivity index (χ0) is 27.1. The first-order chi connectivity index (χ1) is 18.2. The number of hydrogen-bond donors (Lipinski definition) is 2. The third kappa shape index (κ3) is 9.50. The molecule has 0 aromatic rings. The summed E-state index contributed by atoms with van der Waals surface area (Å²) in [5.41, 5.74) is 0.397. The number of likely N-dealkylation sites (tertiary alicyclic amines) is 1. The van der Waals surface area contributed by atoms with E-state index in [1.807, 2.05) is 11.9 Å². The Bertz CT molecular complexity index is 686. The van der Waals surface area contributed by atoms with Crippen LogP contribution >= 0.6 is 23.5 Å².